The molecule has 2 N–H and O–H groups in total. The molecule has 2 aliphatic rings. The summed E-state index contributed by atoms with van der Waals surface area (Å²) < 4.78 is 17.3. The highest BCUT2D eigenvalue weighted by atomic mass is 16.5. The highest BCUT2D eigenvalue weighted by Gasteiger charge is 2.36. The van der Waals surface area contributed by atoms with Crippen LogP contribution < -0.4 is 20.1 Å². The van der Waals surface area contributed by atoms with Crippen molar-refractivity contribution in [2.75, 3.05) is 33.9 Å². The molecule has 0 saturated heterocycles. The Bertz CT molecular complexity index is 682. The summed E-state index contributed by atoms with van der Waals surface area (Å²) in [6, 6.07) is 6.07. The topological polar surface area (TPSA) is 64.1 Å². The van der Waals surface area contributed by atoms with Gasteiger partial charge in [-0.15, -0.1) is 0 Å². The zero-order chi connectivity index (χ0) is 21.2. The lowest BCUT2D eigenvalue weighted by Gasteiger charge is -2.42. The van der Waals surface area contributed by atoms with Crippen molar-refractivity contribution in [3.8, 4) is 11.5 Å². The summed E-state index contributed by atoms with van der Waals surface area (Å²) in [6.45, 7) is 5.24. The van der Waals surface area contributed by atoms with Gasteiger partial charge < -0.3 is 24.8 Å². The molecule has 0 aromatic heterocycles. The predicted molar refractivity (Wildman–Crippen MR) is 121 cm³/mol. The van der Waals surface area contributed by atoms with Gasteiger partial charge in [0.15, 0.2) is 17.5 Å². The van der Waals surface area contributed by atoms with Crippen molar-refractivity contribution in [1.29, 1.82) is 0 Å². The fourth-order valence-electron chi connectivity index (χ4n) is 4.44. The highest BCUT2D eigenvalue weighted by molar-refractivity contribution is 5.79. The molecule has 0 heterocycles. The molecule has 0 aliphatic heterocycles. The summed E-state index contributed by atoms with van der Waals surface area (Å²) in [5.41, 5.74) is 1.41. The third-order valence-electron chi connectivity index (χ3n) is 6.50. The number of ether oxygens (including phenoxy) is 3. The van der Waals surface area contributed by atoms with Crippen LogP contribution in [0.1, 0.15) is 63.9 Å². The molecular weight excluding hydrogens is 378 g/mol. The Morgan fingerprint density at radius 2 is 1.93 bits per heavy atom. The van der Waals surface area contributed by atoms with Crippen molar-refractivity contribution in [1.82, 2.24) is 10.6 Å². The molecule has 0 unspecified atom stereocenters. The molecule has 0 amide bonds. The first-order valence-corrected chi connectivity index (χ1v) is 11.5. The third-order valence-corrected chi connectivity index (χ3v) is 6.50. The lowest BCUT2D eigenvalue weighted by molar-refractivity contribution is 0.0732. The Labute approximate surface area is 181 Å². The molecule has 6 heteroatoms. The van der Waals surface area contributed by atoms with Crippen LogP contribution in [0.15, 0.2) is 23.2 Å². The van der Waals surface area contributed by atoms with Gasteiger partial charge in [0, 0.05) is 32.4 Å². The summed E-state index contributed by atoms with van der Waals surface area (Å²) in [4.78, 5) is 4.86. The van der Waals surface area contributed by atoms with Gasteiger partial charge >= 0.3 is 0 Å². The zero-order valence-electron chi connectivity index (χ0n) is 19.0. The second kappa shape index (κ2) is 11.4. The fourth-order valence-corrected chi connectivity index (χ4v) is 4.44. The van der Waals surface area contributed by atoms with Gasteiger partial charge in [-0.25, -0.2) is 4.99 Å². The van der Waals surface area contributed by atoms with Crippen LogP contribution in [0.5, 0.6) is 11.5 Å². The van der Waals surface area contributed by atoms with Crippen LogP contribution in [-0.4, -0.2) is 46.0 Å². The van der Waals surface area contributed by atoms with Crippen LogP contribution in [0.3, 0.4) is 0 Å². The monoisotopic (exact) mass is 417 g/mol. The summed E-state index contributed by atoms with van der Waals surface area (Å²) in [7, 11) is 3.48. The molecule has 3 rings (SSSR count). The van der Waals surface area contributed by atoms with E-state index in [4.69, 9.17) is 19.2 Å². The van der Waals surface area contributed by atoms with Crippen molar-refractivity contribution in [2.24, 2.45) is 10.4 Å². The normalized spacial score (nSPS) is 18.7. The molecule has 30 heavy (non-hydrogen) atoms. The number of aliphatic imine (C=N–C) groups is 1. The van der Waals surface area contributed by atoms with Gasteiger partial charge in [0.25, 0.3) is 0 Å². The van der Waals surface area contributed by atoms with Crippen molar-refractivity contribution in [3.63, 3.8) is 0 Å². The van der Waals surface area contributed by atoms with E-state index in [-0.39, 0.29) is 6.10 Å². The van der Waals surface area contributed by atoms with E-state index in [2.05, 4.69) is 23.6 Å². The van der Waals surface area contributed by atoms with Crippen LogP contribution in [0.4, 0.5) is 0 Å². The van der Waals surface area contributed by atoms with Gasteiger partial charge in [0.05, 0.1) is 19.8 Å². The summed E-state index contributed by atoms with van der Waals surface area (Å²) in [5.74, 6) is 2.50. The SMILES string of the molecule is CCNC(=NCc1cccc(OC)c1OC1CCCC1)NCC1(CCOC)CCC1. The molecule has 2 aliphatic carbocycles. The Morgan fingerprint density at radius 1 is 1.13 bits per heavy atom. The average Bonchev–Trinajstić information content (AvgIpc) is 3.24. The number of nitrogens with one attached hydrogen (secondary N) is 2. The molecule has 2 saturated carbocycles. The second-order valence-electron chi connectivity index (χ2n) is 8.62. The van der Waals surface area contributed by atoms with Gasteiger partial charge in [-0.2, -0.15) is 0 Å². The van der Waals surface area contributed by atoms with Gasteiger partial charge in [-0.1, -0.05) is 18.6 Å². The van der Waals surface area contributed by atoms with E-state index < -0.39 is 0 Å². The molecule has 0 spiro atoms. The molecule has 0 atom stereocenters. The molecule has 1 aromatic rings. The van der Waals surface area contributed by atoms with Crippen LogP contribution in [0.2, 0.25) is 0 Å². The fraction of sp³-hybridized carbons (Fsp3) is 0.708. The molecule has 0 radical (unpaired) electrons. The van der Waals surface area contributed by atoms with Crippen molar-refractivity contribution in [3.05, 3.63) is 23.8 Å². The molecule has 1 aromatic carbocycles. The number of para-hydroxylation sites is 1. The van der Waals surface area contributed by atoms with E-state index in [1.165, 1.54) is 32.1 Å². The van der Waals surface area contributed by atoms with E-state index in [0.29, 0.717) is 12.0 Å². The first kappa shape index (κ1) is 22.7. The zero-order valence-corrected chi connectivity index (χ0v) is 19.0. The lowest BCUT2D eigenvalue weighted by atomic mass is 9.67. The van der Waals surface area contributed by atoms with Gasteiger partial charge in [-0.3, -0.25) is 0 Å². The molecule has 0 bridgehead atoms. The number of benzene rings is 1. The predicted octanol–water partition coefficient (Wildman–Crippen LogP) is 4.28. The summed E-state index contributed by atoms with van der Waals surface area (Å²) in [5, 5.41) is 6.96. The summed E-state index contributed by atoms with van der Waals surface area (Å²) >= 11 is 0. The Hall–Kier alpha value is -1.95. The summed E-state index contributed by atoms with van der Waals surface area (Å²) in [6.07, 6.45) is 9.95. The molecule has 168 valence electrons. The van der Waals surface area contributed by atoms with E-state index >= 15 is 0 Å². The first-order chi connectivity index (χ1) is 14.7. The number of hydrogen-bond donors (Lipinski definition) is 2. The van der Waals surface area contributed by atoms with Crippen LogP contribution in [0.25, 0.3) is 0 Å². The minimum atomic E-state index is 0.287. The molecule has 2 fully saturated rings. The van der Waals surface area contributed by atoms with E-state index in [1.807, 2.05) is 12.1 Å². The highest BCUT2D eigenvalue weighted by Crippen LogP contribution is 2.43. The second-order valence-corrected chi connectivity index (χ2v) is 8.62. The number of nitrogens with zero attached hydrogens (tertiary/aromatic N) is 1. The largest absolute Gasteiger partial charge is 0.493 e. The number of hydrogen-bond acceptors (Lipinski definition) is 4. The lowest BCUT2D eigenvalue weighted by Crippen LogP contribution is -2.47. The Balaban J connectivity index is 1.67. The minimum absolute atomic E-state index is 0.287. The third kappa shape index (κ3) is 6.03. The van der Waals surface area contributed by atoms with E-state index in [1.54, 1.807) is 14.2 Å². The van der Waals surface area contributed by atoms with Crippen LogP contribution >= 0.6 is 0 Å². The van der Waals surface area contributed by atoms with E-state index in [0.717, 1.165) is 62.0 Å². The quantitative estimate of drug-likeness (QED) is 0.416. The molecular formula is C24H39N3O3. The van der Waals surface area contributed by atoms with Crippen molar-refractivity contribution < 1.29 is 14.2 Å². The van der Waals surface area contributed by atoms with Crippen molar-refractivity contribution in [2.45, 2.75) is 70.9 Å². The first-order valence-electron chi connectivity index (χ1n) is 11.5. The van der Waals surface area contributed by atoms with E-state index in [9.17, 15) is 0 Å². The smallest absolute Gasteiger partial charge is 0.191 e. The van der Waals surface area contributed by atoms with Crippen LogP contribution in [-0.2, 0) is 11.3 Å². The average molecular weight is 418 g/mol. The Morgan fingerprint density at radius 3 is 2.57 bits per heavy atom. The maximum atomic E-state index is 6.36. The Kier molecular flexibility index (Phi) is 8.67. The number of methoxy groups -OCH3 is 2. The minimum Gasteiger partial charge on any atom is -0.493 e. The maximum absolute atomic E-state index is 6.36. The standard InChI is InChI=1S/C24H39N3O3/c1-4-25-23(27-18-24(13-8-14-24)15-16-28-2)26-17-19-9-7-12-21(29-3)22(19)30-20-10-5-6-11-20/h7,9,12,20H,4-6,8,10-11,13-18H2,1-3H3,(H2,25,26,27). The van der Waals surface area contributed by atoms with Crippen molar-refractivity contribution >= 4 is 5.96 Å². The molecule has 6 nitrogen and oxygen atoms in total. The van der Waals surface area contributed by atoms with Crippen LogP contribution in [0, 0.1) is 5.41 Å². The van der Waals surface area contributed by atoms with Gasteiger partial charge in [0.1, 0.15) is 0 Å². The van der Waals surface area contributed by atoms with Gasteiger partial charge in [0.2, 0.25) is 0 Å². The number of rotatable bonds is 11. The van der Waals surface area contributed by atoms with Gasteiger partial charge in [-0.05, 0) is 63.4 Å². The maximum Gasteiger partial charge on any atom is 0.191 e. The number of guanidine groups is 1.